The van der Waals surface area contributed by atoms with Crippen molar-refractivity contribution in [2.45, 2.75) is 90.0 Å². The first-order valence-corrected chi connectivity index (χ1v) is 17.2. The van der Waals surface area contributed by atoms with Crippen LogP contribution in [0, 0.1) is 34.8 Å². The first-order valence-electron chi connectivity index (χ1n) is 17.2. The molecule has 2 bridgehead atoms. The molecule has 4 fully saturated rings. The van der Waals surface area contributed by atoms with Gasteiger partial charge in [0.15, 0.2) is 11.6 Å². The Morgan fingerprint density at radius 3 is 2.63 bits per heavy atom. The molecule has 3 aliphatic carbocycles. The minimum absolute atomic E-state index is 0.0232. The molecular formula is C37H43BF2N4O5. The summed E-state index contributed by atoms with van der Waals surface area (Å²) in [5.41, 5.74) is -1.42. The SMILES string of the molecule is CC(C)C[C@H](NC(=O)C1(Cc2cccc(F)c2F)CC(CNC(=O)c2nccc3ccccc23)=NO1)B1O[C@@H]2C[C@@H]3C[C@@H](C3(C)C)[C@]2(C)O1. The number of rotatable bonds is 10. The number of carbonyl (C=O) groups excluding carboxylic acids is 2. The quantitative estimate of drug-likeness (QED) is 0.264. The maximum Gasteiger partial charge on any atom is 0.481 e. The first kappa shape index (κ1) is 33.6. The summed E-state index contributed by atoms with van der Waals surface area (Å²) in [5.74, 6) is -2.47. The average Bonchev–Trinajstić information content (AvgIpc) is 3.66. The van der Waals surface area contributed by atoms with Crippen LogP contribution in [0.25, 0.3) is 10.8 Å². The van der Waals surface area contributed by atoms with Crippen molar-refractivity contribution in [2.75, 3.05) is 6.54 Å². The molecule has 2 N–H and O–H groups in total. The monoisotopic (exact) mass is 672 g/mol. The van der Waals surface area contributed by atoms with E-state index in [4.69, 9.17) is 14.1 Å². The number of fused-ring (bicyclic) bond motifs is 1. The number of aromatic nitrogens is 1. The van der Waals surface area contributed by atoms with Crippen LogP contribution in [0.4, 0.5) is 8.78 Å². The van der Waals surface area contributed by atoms with Gasteiger partial charge in [-0.2, -0.15) is 0 Å². The molecule has 1 aromatic heterocycles. The maximum absolute atomic E-state index is 15.0. The van der Waals surface area contributed by atoms with Gasteiger partial charge in [0.05, 0.1) is 29.9 Å². The summed E-state index contributed by atoms with van der Waals surface area (Å²) in [6, 6.07) is 13.1. The Morgan fingerprint density at radius 1 is 1.06 bits per heavy atom. The molecule has 3 heterocycles. The fraction of sp³-hybridized carbons (Fsp3) is 0.514. The summed E-state index contributed by atoms with van der Waals surface area (Å²) in [5, 5.41) is 11.7. The Balaban J connectivity index is 1.11. The number of benzene rings is 2. The lowest BCUT2D eigenvalue weighted by atomic mass is 9.43. The Morgan fingerprint density at radius 2 is 1.86 bits per heavy atom. The van der Waals surface area contributed by atoms with Crippen molar-refractivity contribution in [3.63, 3.8) is 0 Å². The molecule has 5 aliphatic rings. The minimum atomic E-state index is -1.71. The molecule has 3 aromatic rings. The van der Waals surface area contributed by atoms with Gasteiger partial charge < -0.3 is 24.8 Å². The highest BCUT2D eigenvalue weighted by molar-refractivity contribution is 6.48. The van der Waals surface area contributed by atoms with E-state index in [1.807, 2.05) is 30.3 Å². The Bertz CT molecular complexity index is 1820. The lowest BCUT2D eigenvalue weighted by Gasteiger charge is -2.64. The third-order valence-corrected chi connectivity index (χ3v) is 11.4. The summed E-state index contributed by atoms with van der Waals surface area (Å²) >= 11 is 0. The summed E-state index contributed by atoms with van der Waals surface area (Å²) in [6.45, 7) is 10.8. The minimum Gasteiger partial charge on any atom is -0.404 e. The molecule has 0 radical (unpaired) electrons. The summed E-state index contributed by atoms with van der Waals surface area (Å²) in [7, 11) is -0.686. The van der Waals surface area contributed by atoms with Crippen LogP contribution < -0.4 is 10.6 Å². The predicted octanol–water partition coefficient (Wildman–Crippen LogP) is 5.80. The molecule has 12 heteroatoms. The lowest BCUT2D eigenvalue weighted by molar-refractivity contribution is -0.199. The van der Waals surface area contributed by atoms with E-state index in [9.17, 15) is 14.0 Å². The van der Waals surface area contributed by atoms with Crippen LogP contribution in [0.2, 0.25) is 0 Å². The van der Waals surface area contributed by atoms with Gasteiger partial charge in [-0.25, -0.2) is 8.78 Å². The number of nitrogens with zero attached hydrogens (tertiary/aromatic N) is 2. The van der Waals surface area contributed by atoms with E-state index in [-0.39, 0.29) is 48.1 Å². The van der Waals surface area contributed by atoms with Crippen molar-refractivity contribution >= 4 is 35.4 Å². The normalized spacial score (nSPS) is 28.8. The standard InChI is InChI=1S/C37H43BF2N4O5/c1-21(2)15-30(38-47-29-17-24-16-28(35(24,3)4)36(29,5)48-38)43-34(46)37(18-23-10-8-12-27(39)31(23)40)19-25(44-49-37)20-42-33(45)32-26-11-7-6-9-22(26)13-14-41-32/h6-14,21,24,28-30H,15-20H2,1-5H3,(H,42,45)(H,43,46)/t24-,28-,29+,30-,36-,37?/m0/s1. The van der Waals surface area contributed by atoms with Crippen LogP contribution in [0.15, 0.2) is 59.9 Å². The highest BCUT2D eigenvalue weighted by Gasteiger charge is 2.68. The number of hydrogen-bond donors (Lipinski definition) is 2. The Labute approximate surface area is 285 Å². The number of nitrogens with one attached hydrogen (secondary N) is 2. The topological polar surface area (TPSA) is 111 Å². The predicted molar refractivity (Wildman–Crippen MR) is 182 cm³/mol. The smallest absolute Gasteiger partial charge is 0.404 e. The van der Waals surface area contributed by atoms with Crippen molar-refractivity contribution in [3.05, 3.63) is 77.6 Å². The van der Waals surface area contributed by atoms with Crippen molar-refractivity contribution in [2.24, 2.45) is 28.3 Å². The van der Waals surface area contributed by atoms with Crippen molar-refractivity contribution in [1.29, 1.82) is 0 Å². The molecular weight excluding hydrogens is 629 g/mol. The van der Waals surface area contributed by atoms with Crippen LogP contribution in [0.5, 0.6) is 0 Å². The van der Waals surface area contributed by atoms with E-state index < -0.39 is 47.7 Å². The van der Waals surface area contributed by atoms with Crippen molar-refractivity contribution in [1.82, 2.24) is 15.6 Å². The number of carbonyl (C=O) groups is 2. The Kier molecular flexibility index (Phi) is 8.54. The lowest BCUT2D eigenvalue weighted by Crippen LogP contribution is -2.65. The average molecular weight is 673 g/mol. The van der Waals surface area contributed by atoms with E-state index in [1.165, 1.54) is 12.1 Å². The van der Waals surface area contributed by atoms with E-state index in [2.05, 4.69) is 55.4 Å². The van der Waals surface area contributed by atoms with Gasteiger partial charge in [0.2, 0.25) is 5.60 Å². The molecule has 0 spiro atoms. The number of amides is 2. The van der Waals surface area contributed by atoms with Crippen LogP contribution in [-0.4, -0.2) is 59.4 Å². The fourth-order valence-electron chi connectivity index (χ4n) is 8.61. The maximum atomic E-state index is 15.0. The van der Waals surface area contributed by atoms with Gasteiger partial charge in [0.1, 0.15) is 5.69 Å². The summed E-state index contributed by atoms with van der Waals surface area (Å²) in [4.78, 5) is 37.8. The van der Waals surface area contributed by atoms with Gasteiger partial charge in [-0.1, -0.05) is 69.2 Å². The molecule has 9 nitrogen and oxygen atoms in total. The van der Waals surface area contributed by atoms with Gasteiger partial charge in [0.25, 0.3) is 11.8 Å². The van der Waals surface area contributed by atoms with Gasteiger partial charge >= 0.3 is 7.12 Å². The molecule has 2 aliphatic heterocycles. The Hall–Kier alpha value is -3.90. The first-order chi connectivity index (χ1) is 23.3. The van der Waals surface area contributed by atoms with Crippen molar-refractivity contribution < 1.29 is 32.5 Å². The third kappa shape index (κ3) is 5.90. The third-order valence-electron chi connectivity index (χ3n) is 11.4. The molecule has 2 aromatic carbocycles. The number of halogens is 2. The summed E-state index contributed by atoms with van der Waals surface area (Å²) in [6.07, 6.45) is 3.71. The van der Waals surface area contributed by atoms with Crippen LogP contribution in [-0.2, 0) is 25.4 Å². The zero-order chi connectivity index (χ0) is 34.7. The van der Waals surface area contributed by atoms with Crippen LogP contribution in [0.1, 0.15) is 76.4 Å². The van der Waals surface area contributed by atoms with E-state index >= 15 is 4.39 Å². The van der Waals surface area contributed by atoms with Gasteiger partial charge in [-0.3, -0.25) is 14.6 Å². The number of pyridine rings is 1. The molecule has 8 rings (SSSR count). The van der Waals surface area contributed by atoms with E-state index in [1.54, 1.807) is 6.20 Å². The van der Waals surface area contributed by atoms with Crippen LogP contribution in [0.3, 0.4) is 0 Å². The van der Waals surface area contributed by atoms with Gasteiger partial charge in [0, 0.05) is 24.4 Å². The van der Waals surface area contributed by atoms with Crippen LogP contribution >= 0.6 is 0 Å². The molecule has 49 heavy (non-hydrogen) atoms. The zero-order valence-electron chi connectivity index (χ0n) is 28.6. The number of hydrogen-bond acceptors (Lipinski definition) is 7. The van der Waals surface area contributed by atoms with Gasteiger partial charge in [-0.05, 0) is 72.4 Å². The molecule has 1 saturated heterocycles. The molecule has 3 saturated carbocycles. The largest absolute Gasteiger partial charge is 0.481 e. The second-order valence-electron chi connectivity index (χ2n) is 15.4. The number of oxime groups is 1. The van der Waals surface area contributed by atoms with Crippen molar-refractivity contribution in [3.8, 4) is 0 Å². The highest BCUT2D eigenvalue weighted by Crippen LogP contribution is 2.65. The molecule has 2 amide bonds. The van der Waals surface area contributed by atoms with E-state index in [0.717, 1.165) is 24.3 Å². The fourth-order valence-corrected chi connectivity index (χ4v) is 8.61. The van der Waals surface area contributed by atoms with E-state index in [0.29, 0.717) is 29.4 Å². The molecule has 1 unspecified atom stereocenters. The summed E-state index contributed by atoms with van der Waals surface area (Å²) < 4.78 is 42.7. The van der Waals surface area contributed by atoms with Gasteiger partial charge in [-0.15, -0.1) is 0 Å². The second kappa shape index (κ2) is 12.5. The molecule has 6 atom stereocenters. The highest BCUT2D eigenvalue weighted by atomic mass is 19.2. The molecule has 258 valence electrons. The second-order valence-corrected chi connectivity index (χ2v) is 15.4. The zero-order valence-corrected chi connectivity index (χ0v) is 28.6.